The van der Waals surface area contributed by atoms with E-state index < -0.39 is 0 Å². The van der Waals surface area contributed by atoms with Gasteiger partial charge in [-0.15, -0.1) is 0 Å². The first-order chi connectivity index (χ1) is 12.8. The largest absolute Gasteiger partial charge is 0.376 e. The lowest BCUT2D eigenvalue weighted by molar-refractivity contribution is 0.0931. The van der Waals surface area contributed by atoms with Crippen LogP contribution in [0.4, 0.5) is 0 Å². The smallest absolute Gasteiger partial charge is 0.190 e. The van der Waals surface area contributed by atoms with Crippen molar-refractivity contribution < 1.29 is 4.74 Å². The van der Waals surface area contributed by atoms with Crippen molar-refractivity contribution in [3.05, 3.63) is 35.9 Å². The van der Waals surface area contributed by atoms with E-state index in [0.717, 1.165) is 25.7 Å². The zero-order valence-corrected chi connectivity index (χ0v) is 16.5. The molecule has 0 radical (unpaired) electrons. The van der Waals surface area contributed by atoms with Crippen LogP contribution in [0.3, 0.4) is 0 Å². The summed E-state index contributed by atoms with van der Waals surface area (Å²) in [4.78, 5) is 6.88. The molecule has 1 atom stereocenters. The molecule has 1 aromatic carbocycles. The van der Waals surface area contributed by atoms with E-state index in [1.54, 1.807) is 0 Å². The average molecular weight is 361 g/mol. The van der Waals surface area contributed by atoms with Gasteiger partial charge in [0.25, 0.3) is 0 Å². The standard InChI is InChI=1S/C21H36N4O/c1-19(17-26-18-20-10-4-3-5-11-20)16-24-21(22-2)23-12-6-7-13-25-14-8-9-15-25/h3-5,10-11,19H,6-9,12-18H2,1-2H3,(H2,22,23,24). The number of rotatable bonds is 11. The van der Waals surface area contributed by atoms with Crippen molar-refractivity contribution in [2.75, 3.05) is 46.4 Å². The van der Waals surface area contributed by atoms with E-state index in [2.05, 4.69) is 39.6 Å². The predicted octanol–water partition coefficient (Wildman–Crippen LogP) is 2.88. The molecule has 0 aliphatic carbocycles. The molecule has 1 saturated heterocycles. The summed E-state index contributed by atoms with van der Waals surface area (Å²) in [5, 5.41) is 6.81. The molecule has 2 rings (SSSR count). The summed E-state index contributed by atoms with van der Waals surface area (Å²) in [5.74, 6) is 1.33. The number of unbranched alkanes of at least 4 members (excludes halogenated alkanes) is 1. The van der Waals surface area contributed by atoms with Gasteiger partial charge in [0.2, 0.25) is 0 Å². The Kier molecular flexibility index (Phi) is 10.1. The van der Waals surface area contributed by atoms with Gasteiger partial charge in [-0.3, -0.25) is 4.99 Å². The molecule has 1 heterocycles. The first-order valence-corrected chi connectivity index (χ1v) is 10.1. The van der Waals surface area contributed by atoms with Crippen molar-refractivity contribution in [3.63, 3.8) is 0 Å². The number of benzene rings is 1. The van der Waals surface area contributed by atoms with Crippen LogP contribution in [0, 0.1) is 5.92 Å². The maximum Gasteiger partial charge on any atom is 0.190 e. The van der Waals surface area contributed by atoms with Crippen LogP contribution in [0.15, 0.2) is 35.3 Å². The molecule has 0 amide bonds. The van der Waals surface area contributed by atoms with Crippen LogP contribution < -0.4 is 10.6 Å². The van der Waals surface area contributed by atoms with E-state index in [-0.39, 0.29) is 0 Å². The van der Waals surface area contributed by atoms with E-state index in [1.165, 1.54) is 50.9 Å². The van der Waals surface area contributed by atoms with Crippen LogP contribution in [0.5, 0.6) is 0 Å². The molecule has 5 heteroatoms. The number of hydrogen-bond acceptors (Lipinski definition) is 3. The third kappa shape index (κ3) is 8.68. The lowest BCUT2D eigenvalue weighted by Gasteiger charge is -2.17. The molecule has 1 aliphatic rings. The molecule has 0 saturated carbocycles. The molecular formula is C21H36N4O. The Morgan fingerprint density at radius 1 is 1.15 bits per heavy atom. The van der Waals surface area contributed by atoms with Gasteiger partial charge in [-0.05, 0) is 56.8 Å². The molecule has 0 spiro atoms. The monoisotopic (exact) mass is 360 g/mol. The van der Waals surface area contributed by atoms with Gasteiger partial charge in [0.05, 0.1) is 13.2 Å². The first kappa shape index (κ1) is 20.7. The summed E-state index contributed by atoms with van der Waals surface area (Å²) in [6, 6.07) is 10.3. The summed E-state index contributed by atoms with van der Waals surface area (Å²) in [6.45, 7) is 9.28. The number of hydrogen-bond donors (Lipinski definition) is 2. The topological polar surface area (TPSA) is 48.9 Å². The predicted molar refractivity (Wildman–Crippen MR) is 110 cm³/mol. The molecule has 0 aromatic heterocycles. The highest BCUT2D eigenvalue weighted by atomic mass is 16.5. The van der Waals surface area contributed by atoms with E-state index in [1.807, 2.05) is 25.2 Å². The van der Waals surface area contributed by atoms with Gasteiger partial charge >= 0.3 is 0 Å². The van der Waals surface area contributed by atoms with Gasteiger partial charge < -0.3 is 20.3 Å². The minimum Gasteiger partial charge on any atom is -0.376 e. The second-order valence-corrected chi connectivity index (χ2v) is 7.24. The Morgan fingerprint density at radius 2 is 1.92 bits per heavy atom. The van der Waals surface area contributed by atoms with Gasteiger partial charge in [-0.1, -0.05) is 37.3 Å². The Morgan fingerprint density at radius 3 is 2.65 bits per heavy atom. The van der Waals surface area contributed by atoms with Crippen LogP contribution in [-0.4, -0.2) is 57.2 Å². The van der Waals surface area contributed by atoms with Crippen LogP contribution in [0.2, 0.25) is 0 Å². The molecule has 1 aromatic rings. The molecule has 2 N–H and O–H groups in total. The summed E-state index contributed by atoms with van der Waals surface area (Å²) in [7, 11) is 1.83. The van der Waals surface area contributed by atoms with E-state index in [4.69, 9.17) is 4.74 Å². The summed E-state index contributed by atoms with van der Waals surface area (Å²) in [5.41, 5.74) is 1.22. The summed E-state index contributed by atoms with van der Waals surface area (Å²) in [6.07, 6.45) is 5.20. The van der Waals surface area contributed by atoms with Crippen molar-refractivity contribution in [1.29, 1.82) is 0 Å². The third-order valence-corrected chi connectivity index (χ3v) is 4.75. The van der Waals surface area contributed by atoms with E-state index in [9.17, 15) is 0 Å². The SMILES string of the molecule is CN=C(NCCCCN1CCCC1)NCC(C)COCc1ccccc1. The Hall–Kier alpha value is -1.59. The molecule has 1 unspecified atom stereocenters. The highest BCUT2D eigenvalue weighted by Gasteiger charge is 2.10. The molecule has 5 nitrogen and oxygen atoms in total. The molecule has 1 fully saturated rings. The zero-order valence-electron chi connectivity index (χ0n) is 16.5. The van der Waals surface area contributed by atoms with Crippen molar-refractivity contribution >= 4 is 5.96 Å². The Labute approximate surface area is 159 Å². The van der Waals surface area contributed by atoms with Crippen molar-refractivity contribution in [2.45, 2.75) is 39.2 Å². The maximum absolute atomic E-state index is 5.80. The Bertz CT molecular complexity index is 500. The van der Waals surface area contributed by atoms with E-state index in [0.29, 0.717) is 12.5 Å². The van der Waals surface area contributed by atoms with Crippen LogP contribution in [-0.2, 0) is 11.3 Å². The molecule has 26 heavy (non-hydrogen) atoms. The lowest BCUT2D eigenvalue weighted by atomic mass is 10.2. The second-order valence-electron chi connectivity index (χ2n) is 7.24. The van der Waals surface area contributed by atoms with Crippen LogP contribution >= 0.6 is 0 Å². The minimum atomic E-state index is 0.437. The van der Waals surface area contributed by atoms with Gasteiger partial charge in [0.1, 0.15) is 0 Å². The fourth-order valence-corrected chi connectivity index (χ4v) is 3.18. The molecular weight excluding hydrogens is 324 g/mol. The minimum absolute atomic E-state index is 0.437. The Balaban J connectivity index is 1.49. The second kappa shape index (κ2) is 12.7. The first-order valence-electron chi connectivity index (χ1n) is 10.1. The normalized spacial score (nSPS) is 16.6. The van der Waals surface area contributed by atoms with Crippen LogP contribution in [0.1, 0.15) is 38.2 Å². The van der Waals surface area contributed by atoms with E-state index >= 15 is 0 Å². The van der Waals surface area contributed by atoms with Gasteiger partial charge in [0, 0.05) is 20.1 Å². The number of nitrogens with one attached hydrogen (secondary N) is 2. The van der Waals surface area contributed by atoms with Gasteiger partial charge in [0.15, 0.2) is 5.96 Å². The van der Waals surface area contributed by atoms with Gasteiger partial charge in [-0.25, -0.2) is 0 Å². The quantitative estimate of drug-likeness (QED) is 0.362. The van der Waals surface area contributed by atoms with Crippen molar-refractivity contribution in [3.8, 4) is 0 Å². The third-order valence-electron chi connectivity index (χ3n) is 4.75. The molecule has 1 aliphatic heterocycles. The highest BCUT2D eigenvalue weighted by molar-refractivity contribution is 5.79. The average Bonchev–Trinajstić information content (AvgIpc) is 3.18. The van der Waals surface area contributed by atoms with Gasteiger partial charge in [-0.2, -0.15) is 0 Å². The number of ether oxygens (including phenoxy) is 1. The lowest BCUT2D eigenvalue weighted by Crippen LogP contribution is -2.40. The van der Waals surface area contributed by atoms with Crippen molar-refractivity contribution in [2.24, 2.45) is 10.9 Å². The summed E-state index contributed by atoms with van der Waals surface area (Å²) < 4.78 is 5.80. The molecule has 0 bridgehead atoms. The fourth-order valence-electron chi connectivity index (χ4n) is 3.18. The number of nitrogens with zero attached hydrogens (tertiary/aromatic N) is 2. The van der Waals surface area contributed by atoms with Crippen LogP contribution in [0.25, 0.3) is 0 Å². The zero-order chi connectivity index (χ0) is 18.5. The maximum atomic E-state index is 5.80. The number of guanidine groups is 1. The van der Waals surface area contributed by atoms with Crippen molar-refractivity contribution in [1.82, 2.24) is 15.5 Å². The fraction of sp³-hybridized carbons (Fsp3) is 0.667. The number of likely N-dealkylation sites (tertiary alicyclic amines) is 1. The summed E-state index contributed by atoms with van der Waals surface area (Å²) >= 11 is 0. The highest BCUT2D eigenvalue weighted by Crippen LogP contribution is 2.08. The number of aliphatic imine (C=N–C) groups is 1. The molecule has 146 valence electrons.